The Balaban J connectivity index is 1.70. The van der Waals surface area contributed by atoms with Gasteiger partial charge in [-0.1, -0.05) is 0 Å². The molecule has 6 nitrogen and oxygen atoms in total. The van der Waals surface area contributed by atoms with E-state index in [0.717, 1.165) is 32.2 Å². The van der Waals surface area contributed by atoms with Gasteiger partial charge in [0.25, 0.3) is 0 Å². The summed E-state index contributed by atoms with van der Waals surface area (Å²) in [7, 11) is 0. The second-order valence-electron chi connectivity index (χ2n) is 4.75. The molecule has 1 saturated carbocycles. The molecule has 1 aliphatic heterocycles. The van der Waals surface area contributed by atoms with Crippen molar-refractivity contribution >= 4 is 11.9 Å². The summed E-state index contributed by atoms with van der Waals surface area (Å²) in [4.78, 5) is 24.8. The number of nitrogens with zero attached hydrogens (tertiary/aromatic N) is 1. The Morgan fingerprint density at radius 2 is 2.06 bits per heavy atom. The highest BCUT2D eigenvalue weighted by atomic mass is 16.3. The molecule has 3 N–H and O–H groups in total. The number of hydrogen-bond donors (Lipinski definition) is 3. The number of aliphatic hydroxyl groups excluding tert-OH is 1. The van der Waals surface area contributed by atoms with Crippen LogP contribution in [0.5, 0.6) is 0 Å². The SMILES string of the molecule is O=C(CN1CCC[C@@H]1CO)NC(=O)NC1CC1. The van der Waals surface area contributed by atoms with Gasteiger partial charge in [0, 0.05) is 12.1 Å². The summed E-state index contributed by atoms with van der Waals surface area (Å²) >= 11 is 0. The van der Waals surface area contributed by atoms with Crippen LogP contribution in [0.1, 0.15) is 25.7 Å². The molecule has 1 atom stereocenters. The monoisotopic (exact) mass is 241 g/mol. The Morgan fingerprint density at radius 3 is 2.71 bits per heavy atom. The van der Waals surface area contributed by atoms with Crippen LogP contribution in [0, 0.1) is 0 Å². The Morgan fingerprint density at radius 1 is 1.29 bits per heavy atom. The van der Waals surface area contributed by atoms with Gasteiger partial charge in [-0.2, -0.15) is 0 Å². The molecule has 0 bridgehead atoms. The molecule has 1 saturated heterocycles. The van der Waals surface area contributed by atoms with Gasteiger partial charge >= 0.3 is 6.03 Å². The van der Waals surface area contributed by atoms with E-state index in [-0.39, 0.29) is 31.1 Å². The summed E-state index contributed by atoms with van der Waals surface area (Å²) in [6.45, 7) is 1.06. The lowest BCUT2D eigenvalue weighted by Gasteiger charge is -2.21. The van der Waals surface area contributed by atoms with E-state index >= 15 is 0 Å². The third kappa shape index (κ3) is 3.67. The van der Waals surface area contributed by atoms with Gasteiger partial charge in [0.15, 0.2) is 0 Å². The van der Waals surface area contributed by atoms with Gasteiger partial charge in [-0.15, -0.1) is 0 Å². The number of aliphatic hydroxyl groups is 1. The van der Waals surface area contributed by atoms with Crippen LogP contribution in [-0.2, 0) is 4.79 Å². The van der Waals surface area contributed by atoms with Crippen LogP contribution in [0.2, 0.25) is 0 Å². The average molecular weight is 241 g/mol. The Bertz CT molecular complexity index is 304. The number of amides is 3. The number of likely N-dealkylation sites (tertiary alicyclic amines) is 1. The van der Waals surface area contributed by atoms with Crippen molar-refractivity contribution in [2.45, 2.75) is 37.8 Å². The first-order valence-electron chi connectivity index (χ1n) is 6.14. The minimum Gasteiger partial charge on any atom is -0.395 e. The molecule has 0 aromatic heterocycles. The van der Waals surface area contributed by atoms with Crippen LogP contribution in [0.25, 0.3) is 0 Å². The second-order valence-corrected chi connectivity index (χ2v) is 4.75. The molecule has 6 heteroatoms. The van der Waals surface area contributed by atoms with Gasteiger partial charge < -0.3 is 10.4 Å². The van der Waals surface area contributed by atoms with Gasteiger partial charge in [-0.3, -0.25) is 15.0 Å². The van der Waals surface area contributed by atoms with Crippen LogP contribution < -0.4 is 10.6 Å². The molecule has 2 rings (SSSR count). The quantitative estimate of drug-likeness (QED) is 0.616. The molecule has 17 heavy (non-hydrogen) atoms. The molecule has 2 fully saturated rings. The summed E-state index contributed by atoms with van der Waals surface area (Å²) < 4.78 is 0. The highest BCUT2D eigenvalue weighted by Crippen LogP contribution is 2.18. The third-order valence-electron chi connectivity index (χ3n) is 3.22. The van der Waals surface area contributed by atoms with Crippen molar-refractivity contribution in [1.82, 2.24) is 15.5 Å². The average Bonchev–Trinajstić information content (AvgIpc) is 2.95. The standard InChI is InChI=1S/C11H19N3O3/c15-7-9-2-1-5-14(9)6-10(16)13-11(17)12-8-3-4-8/h8-9,15H,1-7H2,(H2,12,13,16,17)/t9-/m1/s1. The zero-order valence-corrected chi connectivity index (χ0v) is 9.82. The molecule has 0 spiro atoms. The van der Waals surface area contributed by atoms with Crippen molar-refractivity contribution in [1.29, 1.82) is 0 Å². The van der Waals surface area contributed by atoms with Crippen molar-refractivity contribution in [3.05, 3.63) is 0 Å². The number of rotatable bonds is 4. The molecule has 0 unspecified atom stereocenters. The maximum atomic E-state index is 11.6. The lowest BCUT2D eigenvalue weighted by Crippen LogP contribution is -2.46. The van der Waals surface area contributed by atoms with E-state index in [9.17, 15) is 9.59 Å². The first-order chi connectivity index (χ1) is 8.19. The largest absolute Gasteiger partial charge is 0.395 e. The minimum atomic E-state index is -0.405. The molecular formula is C11H19N3O3. The van der Waals surface area contributed by atoms with E-state index in [0.29, 0.717) is 0 Å². The highest BCUT2D eigenvalue weighted by Gasteiger charge is 2.27. The van der Waals surface area contributed by atoms with Crippen molar-refractivity contribution in [2.24, 2.45) is 0 Å². The lowest BCUT2D eigenvalue weighted by atomic mass is 10.2. The van der Waals surface area contributed by atoms with Crippen LogP contribution in [0.15, 0.2) is 0 Å². The zero-order chi connectivity index (χ0) is 12.3. The maximum Gasteiger partial charge on any atom is 0.321 e. The summed E-state index contributed by atoms with van der Waals surface area (Å²) in [5, 5.41) is 14.1. The molecule has 1 aliphatic carbocycles. The number of imide groups is 1. The van der Waals surface area contributed by atoms with E-state index in [4.69, 9.17) is 5.11 Å². The second kappa shape index (κ2) is 5.46. The predicted octanol–water partition coefficient (Wildman–Crippen LogP) is -0.569. The molecule has 0 aromatic rings. The van der Waals surface area contributed by atoms with Crippen LogP contribution >= 0.6 is 0 Å². The summed E-state index contributed by atoms with van der Waals surface area (Å²) in [6, 6.07) is -0.0933. The molecule has 96 valence electrons. The topological polar surface area (TPSA) is 81.7 Å². The molecular weight excluding hydrogens is 222 g/mol. The highest BCUT2D eigenvalue weighted by molar-refractivity contribution is 5.95. The number of nitrogens with one attached hydrogen (secondary N) is 2. The van der Waals surface area contributed by atoms with E-state index in [1.165, 1.54) is 0 Å². The van der Waals surface area contributed by atoms with Crippen molar-refractivity contribution in [3.63, 3.8) is 0 Å². The van der Waals surface area contributed by atoms with Crippen LogP contribution in [0.3, 0.4) is 0 Å². The Hall–Kier alpha value is -1.14. The first-order valence-corrected chi connectivity index (χ1v) is 6.14. The fraction of sp³-hybridized carbons (Fsp3) is 0.818. The molecule has 1 heterocycles. The number of carbonyl (C=O) groups excluding carboxylic acids is 2. The maximum absolute atomic E-state index is 11.6. The first kappa shape index (κ1) is 12.3. The van der Waals surface area contributed by atoms with Gasteiger partial charge in [0.1, 0.15) is 0 Å². The predicted molar refractivity (Wildman–Crippen MR) is 61.4 cm³/mol. The molecule has 0 radical (unpaired) electrons. The van der Waals surface area contributed by atoms with Gasteiger partial charge in [-0.05, 0) is 32.2 Å². The summed E-state index contributed by atoms with van der Waals surface area (Å²) in [6.07, 6.45) is 3.91. The summed E-state index contributed by atoms with van der Waals surface area (Å²) in [5.74, 6) is -0.302. The third-order valence-corrected chi connectivity index (χ3v) is 3.22. The summed E-state index contributed by atoms with van der Waals surface area (Å²) in [5.41, 5.74) is 0. The van der Waals surface area contributed by atoms with E-state index in [1.54, 1.807) is 0 Å². The molecule has 0 aromatic carbocycles. The van der Waals surface area contributed by atoms with E-state index < -0.39 is 6.03 Å². The van der Waals surface area contributed by atoms with Gasteiger partial charge in [0.2, 0.25) is 5.91 Å². The lowest BCUT2D eigenvalue weighted by molar-refractivity contribution is -0.121. The minimum absolute atomic E-state index is 0.0623. The fourth-order valence-corrected chi connectivity index (χ4v) is 2.11. The Kier molecular flexibility index (Phi) is 3.96. The van der Waals surface area contributed by atoms with Crippen molar-refractivity contribution < 1.29 is 14.7 Å². The van der Waals surface area contributed by atoms with Crippen molar-refractivity contribution in [2.75, 3.05) is 19.7 Å². The zero-order valence-electron chi connectivity index (χ0n) is 9.82. The number of hydrogen-bond acceptors (Lipinski definition) is 4. The number of carbonyl (C=O) groups is 2. The Labute approximate surface area is 100 Å². The molecule has 2 aliphatic rings. The van der Waals surface area contributed by atoms with Gasteiger partial charge in [-0.25, -0.2) is 4.79 Å². The van der Waals surface area contributed by atoms with E-state index in [2.05, 4.69) is 10.6 Å². The van der Waals surface area contributed by atoms with Crippen LogP contribution in [0.4, 0.5) is 4.79 Å². The van der Waals surface area contributed by atoms with Crippen LogP contribution in [-0.4, -0.2) is 53.7 Å². The molecule has 3 amide bonds. The fourth-order valence-electron chi connectivity index (χ4n) is 2.11. The smallest absolute Gasteiger partial charge is 0.321 e. The number of urea groups is 1. The normalized spacial score (nSPS) is 24.6. The van der Waals surface area contributed by atoms with E-state index in [1.807, 2.05) is 4.90 Å². The van der Waals surface area contributed by atoms with Crippen molar-refractivity contribution in [3.8, 4) is 0 Å². The van der Waals surface area contributed by atoms with Gasteiger partial charge in [0.05, 0.1) is 13.2 Å².